The Labute approximate surface area is 110 Å². The number of amides is 1. The molecule has 1 aliphatic heterocycles. The Hall–Kier alpha value is -2.36. The van der Waals surface area contributed by atoms with Crippen LogP contribution < -0.4 is 9.64 Å². The van der Waals surface area contributed by atoms with Crippen molar-refractivity contribution < 1.29 is 13.9 Å². The van der Waals surface area contributed by atoms with Gasteiger partial charge in [-0.3, -0.25) is 9.69 Å². The molecule has 0 saturated heterocycles. The van der Waals surface area contributed by atoms with Gasteiger partial charge >= 0.3 is 0 Å². The Morgan fingerprint density at radius 3 is 2.63 bits per heavy atom. The first kappa shape index (κ1) is 11.7. The first-order valence-corrected chi connectivity index (χ1v) is 6.02. The Kier molecular flexibility index (Phi) is 2.71. The first-order chi connectivity index (χ1) is 9.16. The molecule has 2 aromatic rings. The third-order valence-electron chi connectivity index (χ3n) is 3.05. The van der Waals surface area contributed by atoms with E-state index < -0.39 is 11.9 Å². The minimum atomic E-state index is -0.585. The summed E-state index contributed by atoms with van der Waals surface area (Å²) < 4.78 is 18.9. The number of hydrogen-bond donors (Lipinski definition) is 0. The molecule has 0 fully saturated rings. The Bertz CT molecular complexity index is 627. The maximum Gasteiger partial charge on any atom is 0.272 e. The van der Waals surface area contributed by atoms with Gasteiger partial charge in [0, 0.05) is 11.8 Å². The highest BCUT2D eigenvalue weighted by molar-refractivity contribution is 6.05. The van der Waals surface area contributed by atoms with Crippen LogP contribution in [0.3, 0.4) is 0 Å². The van der Waals surface area contributed by atoms with Crippen LogP contribution >= 0.6 is 0 Å². The summed E-state index contributed by atoms with van der Waals surface area (Å²) in [5, 5.41) is 0. The van der Waals surface area contributed by atoms with Gasteiger partial charge in [-0.05, 0) is 31.2 Å². The monoisotopic (exact) mass is 257 g/mol. The number of rotatable bonds is 1. The van der Waals surface area contributed by atoms with Crippen molar-refractivity contribution in [1.82, 2.24) is 0 Å². The standard InChI is InChI=1S/C15H12FNO2/c1-10-15(18)17(12-5-3-2-4-6-12)13-9-11(16)7-8-14(13)19-10/h2-10H,1H3. The highest BCUT2D eigenvalue weighted by atomic mass is 19.1. The lowest BCUT2D eigenvalue weighted by Gasteiger charge is -2.32. The summed E-state index contributed by atoms with van der Waals surface area (Å²) >= 11 is 0. The third kappa shape index (κ3) is 1.95. The van der Waals surface area contributed by atoms with E-state index in [1.807, 2.05) is 30.3 Å². The normalized spacial score (nSPS) is 17.9. The van der Waals surface area contributed by atoms with Crippen molar-refractivity contribution in [1.29, 1.82) is 0 Å². The van der Waals surface area contributed by atoms with Gasteiger partial charge in [0.05, 0.1) is 5.69 Å². The molecule has 1 aliphatic rings. The van der Waals surface area contributed by atoms with Crippen molar-refractivity contribution in [3.8, 4) is 5.75 Å². The maximum absolute atomic E-state index is 13.4. The quantitative estimate of drug-likeness (QED) is 0.784. The number of carbonyl (C=O) groups excluding carboxylic acids is 1. The van der Waals surface area contributed by atoms with Gasteiger partial charge in [0.1, 0.15) is 11.6 Å². The van der Waals surface area contributed by atoms with E-state index in [1.54, 1.807) is 13.0 Å². The second kappa shape index (κ2) is 4.39. The predicted octanol–water partition coefficient (Wildman–Crippen LogP) is 3.27. The topological polar surface area (TPSA) is 29.5 Å². The molecular weight excluding hydrogens is 245 g/mol. The second-order valence-corrected chi connectivity index (χ2v) is 4.38. The number of para-hydroxylation sites is 1. The van der Waals surface area contributed by atoms with Crippen LogP contribution in [0.15, 0.2) is 48.5 Å². The summed E-state index contributed by atoms with van der Waals surface area (Å²) in [5.41, 5.74) is 1.14. The fourth-order valence-electron chi connectivity index (χ4n) is 2.15. The first-order valence-electron chi connectivity index (χ1n) is 6.02. The molecule has 2 aromatic carbocycles. The summed E-state index contributed by atoms with van der Waals surface area (Å²) in [6.45, 7) is 1.69. The number of ether oxygens (including phenoxy) is 1. The Morgan fingerprint density at radius 1 is 1.16 bits per heavy atom. The number of fused-ring (bicyclic) bond motifs is 1. The molecule has 3 nitrogen and oxygen atoms in total. The molecule has 0 aromatic heterocycles. The molecule has 0 spiro atoms. The zero-order valence-corrected chi connectivity index (χ0v) is 10.3. The van der Waals surface area contributed by atoms with Gasteiger partial charge in [-0.2, -0.15) is 0 Å². The zero-order valence-electron chi connectivity index (χ0n) is 10.3. The van der Waals surface area contributed by atoms with Crippen molar-refractivity contribution in [3.63, 3.8) is 0 Å². The van der Waals surface area contributed by atoms with Crippen LogP contribution in [0.25, 0.3) is 0 Å². The van der Waals surface area contributed by atoms with Crippen LogP contribution in [-0.2, 0) is 4.79 Å². The van der Waals surface area contributed by atoms with E-state index in [0.29, 0.717) is 17.1 Å². The molecule has 3 rings (SSSR count). The molecule has 4 heteroatoms. The van der Waals surface area contributed by atoms with Gasteiger partial charge in [0.2, 0.25) is 0 Å². The van der Waals surface area contributed by atoms with Crippen molar-refractivity contribution in [2.45, 2.75) is 13.0 Å². The Balaban J connectivity index is 2.18. The third-order valence-corrected chi connectivity index (χ3v) is 3.05. The van der Waals surface area contributed by atoms with Crippen molar-refractivity contribution >= 4 is 17.3 Å². The van der Waals surface area contributed by atoms with Crippen LogP contribution in [0.4, 0.5) is 15.8 Å². The van der Waals surface area contributed by atoms with Crippen molar-refractivity contribution in [2.75, 3.05) is 4.90 Å². The second-order valence-electron chi connectivity index (χ2n) is 4.38. The summed E-state index contributed by atoms with van der Waals surface area (Å²) in [7, 11) is 0. The van der Waals surface area contributed by atoms with Gasteiger partial charge in [-0.1, -0.05) is 18.2 Å². The fraction of sp³-hybridized carbons (Fsp3) is 0.133. The number of nitrogens with zero attached hydrogens (tertiary/aromatic N) is 1. The molecule has 0 aliphatic carbocycles. The van der Waals surface area contributed by atoms with Crippen molar-refractivity contribution in [2.24, 2.45) is 0 Å². The molecule has 1 unspecified atom stereocenters. The zero-order chi connectivity index (χ0) is 13.4. The minimum absolute atomic E-state index is 0.204. The van der Waals surface area contributed by atoms with Crippen LogP contribution in [0.5, 0.6) is 5.75 Å². The van der Waals surface area contributed by atoms with Crippen LogP contribution in [-0.4, -0.2) is 12.0 Å². The molecule has 1 heterocycles. The lowest BCUT2D eigenvalue weighted by molar-refractivity contribution is -0.124. The largest absolute Gasteiger partial charge is 0.479 e. The van der Waals surface area contributed by atoms with E-state index in [1.165, 1.54) is 17.0 Å². The average molecular weight is 257 g/mol. The summed E-state index contributed by atoms with van der Waals surface area (Å²) in [6, 6.07) is 13.3. The van der Waals surface area contributed by atoms with E-state index in [-0.39, 0.29) is 5.91 Å². The van der Waals surface area contributed by atoms with Gasteiger partial charge in [-0.25, -0.2) is 4.39 Å². The van der Waals surface area contributed by atoms with E-state index in [2.05, 4.69) is 0 Å². The Morgan fingerprint density at radius 2 is 1.89 bits per heavy atom. The predicted molar refractivity (Wildman–Crippen MR) is 70.1 cm³/mol. The molecule has 96 valence electrons. The van der Waals surface area contributed by atoms with Crippen LogP contribution in [0.1, 0.15) is 6.92 Å². The molecule has 19 heavy (non-hydrogen) atoms. The van der Waals surface area contributed by atoms with Gasteiger partial charge < -0.3 is 4.74 Å². The minimum Gasteiger partial charge on any atom is -0.479 e. The van der Waals surface area contributed by atoms with E-state index in [0.717, 1.165) is 0 Å². The summed E-state index contributed by atoms with van der Waals surface area (Å²) in [5.74, 6) is -0.0905. The molecule has 1 amide bonds. The van der Waals surface area contributed by atoms with Gasteiger partial charge in [0.25, 0.3) is 5.91 Å². The van der Waals surface area contributed by atoms with E-state index in [4.69, 9.17) is 4.74 Å². The SMILES string of the molecule is CC1Oc2ccc(F)cc2N(c2ccccc2)C1=O. The summed E-state index contributed by atoms with van der Waals surface area (Å²) in [6.07, 6.45) is -0.585. The number of carbonyl (C=O) groups is 1. The average Bonchev–Trinajstić information content (AvgIpc) is 2.42. The van der Waals surface area contributed by atoms with Crippen LogP contribution in [0.2, 0.25) is 0 Å². The molecule has 0 saturated carbocycles. The number of benzene rings is 2. The van der Waals surface area contributed by atoms with Gasteiger partial charge in [0.15, 0.2) is 6.10 Å². The molecule has 0 N–H and O–H groups in total. The van der Waals surface area contributed by atoms with Crippen molar-refractivity contribution in [3.05, 3.63) is 54.3 Å². The molecule has 0 bridgehead atoms. The number of hydrogen-bond acceptors (Lipinski definition) is 2. The lowest BCUT2D eigenvalue weighted by Crippen LogP contribution is -2.41. The lowest BCUT2D eigenvalue weighted by atomic mass is 10.1. The number of anilines is 2. The molecule has 0 radical (unpaired) electrons. The van der Waals surface area contributed by atoms with E-state index in [9.17, 15) is 9.18 Å². The van der Waals surface area contributed by atoms with Crippen LogP contribution in [0, 0.1) is 5.82 Å². The van der Waals surface area contributed by atoms with E-state index >= 15 is 0 Å². The summed E-state index contributed by atoms with van der Waals surface area (Å²) in [4.78, 5) is 13.8. The highest BCUT2D eigenvalue weighted by Crippen LogP contribution is 2.38. The highest BCUT2D eigenvalue weighted by Gasteiger charge is 2.32. The fourth-order valence-corrected chi connectivity index (χ4v) is 2.15. The van der Waals surface area contributed by atoms with Gasteiger partial charge in [-0.15, -0.1) is 0 Å². The smallest absolute Gasteiger partial charge is 0.272 e. The molecular formula is C15H12FNO2. The number of halogens is 1. The molecule has 1 atom stereocenters. The maximum atomic E-state index is 13.4.